The van der Waals surface area contributed by atoms with E-state index in [0.29, 0.717) is 12.3 Å². The van der Waals surface area contributed by atoms with Crippen molar-refractivity contribution in [3.05, 3.63) is 23.4 Å². The maximum atomic E-state index is 10.9. The summed E-state index contributed by atoms with van der Waals surface area (Å²) in [5.74, 6) is 0.712. The first-order valence-corrected chi connectivity index (χ1v) is 4.13. The molecule has 3 heteroatoms. The molecule has 0 fully saturated rings. The number of aryl methyl sites for hydroxylation is 1. The van der Waals surface area contributed by atoms with Crippen molar-refractivity contribution in [3.8, 4) is 5.88 Å². The fourth-order valence-corrected chi connectivity index (χ4v) is 1.20. The molecule has 0 amide bonds. The van der Waals surface area contributed by atoms with Gasteiger partial charge >= 0.3 is 0 Å². The molecule has 13 heavy (non-hydrogen) atoms. The number of methoxy groups -OCH3 is 1. The number of ketones is 1. The molecule has 0 saturated heterocycles. The zero-order valence-corrected chi connectivity index (χ0v) is 8.13. The summed E-state index contributed by atoms with van der Waals surface area (Å²) in [6.07, 6.45) is 0.444. The molecule has 0 unspecified atom stereocenters. The van der Waals surface area contributed by atoms with Crippen LogP contribution in [0.1, 0.15) is 18.2 Å². The number of aromatic nitrogens is 1. The molecule has 1 aromatic heterocycles. The number of hydrogen-bond acceptors (Lipinski definition) is 3. The Bertz CT molecular complexity index is 321. The van der Waals surface area contributed by atoms with Gasteiger partial charge in [-0.25, -0.2) is 4.98 Å². The third-order valence-corrected chi connectivity index (χ3v) is 1.65. The summed E-state index contributed by atoms with van der Waals surface area (Å²) < 4.78 is 4.99. The Morgan fingerprint density at radius 3 is 2.77 bits per heavy atom. The van der Waals surface area contributed by atoms with Gasteiger partial charge in [-0.3, -0.25) is 4.79 Å². The number of rotatable bonds is 3. The molecule has 0 radical (unpaired) electrons. The molecular weight excluding hydrogens is 166 g/mol. The lowest BCUT2D eigenvalue weighted by atomic mass is 10.1. The topological polar surface area (TPSA) is 39.2 Å². The van der Waals surface area contributed by atoms with Crippen LogP contribution in [0.25, 0.3) is 0 Å². The minimum Gasteiger partial charge on any atom is -0.481 e. The van der Waals surface area contributed by atoms with Crippen molar-refractivity contribution in [1.82, 2.24) is 4.98 Å². The van der Waals surface area contributed by atoms with E-state index in [2.05, 4.69) is 4.98 Å². The normalized spacial score (nSPS) is 9.77. The van der Waals surface area contributed by atoms with E-state index < -0.39 is 0 Å². The van der Waals surface area contributed by atoms with Crippen molar-refractivity contribution in [2.24, 2.45) is 0 Å². The van der Waals surface area contributed by atoms with Crippen LogP contribution in [-0.4, -0.2) is 17.9 Å². The lowest BCUT2D eigenvalue weighted by Gasteiger charge is -2.03. The van der Waals surface area contributed by atoms with Crippen LogP contribution in [0.2, 0.25) is 0 Å². The van der Waals surface area contributed by atoms with Crippen molar-refractivity contribution in [3.63, 3.8) is 0 Å². The van der Waals surface area contributed by atoms with E-state index in [4.69, 9.17) is 4.74 Å². The monoisotopic (exact) mass is 179 g/mol. The second kappa shape index (κ2) is 4.03. The molecule has 1 aromatic rings. The molecule has 0 aliphatic carbocycles. The quantitative estimate of drug-likeness (QED) is 0.706. The zero-order chi connectivity index (χ0) is 9.84. The summed E-state index contributed by atoms with van der Waals surface area (Å²) >= 11 is 0. The fraction of sp³-hybridized carbons (Fsp3) is 0.400. The first-order chi connectivity index (χ1) is 6.11. The summed E-state index contributed by atoms with van der Waals surface area (Å²) in [5, 5.41) is 0. The van der Waals surface area contributed by atoms with Crippen LogP contribution >= 0.6 is 0 Å². The molecule has 0 saturated carbocycles. The smallest absolute Gasteiger partial charge is 0.213 e. The van der Waals surface area contributed by atoms with Crippen molar-refractivity contribution in [2.75, 3.05) is 7.11 Å². The van der Waals surface area contributed by atoms with Gasteiger partial charge in [-0.15, -0.1) is 0 Å². The lowest BCUT2D eigenvalue weighted by molar-refractivity contribution is -0.116. The molecular formula is C10H13NO2. The Hall–Kier alpha value is -1.38. The van der Waals surface area contributed by atoms with Gasteiger partial charge in [-0.2, -0.15) is 0 Å². The summed E-state index contributed by atoms with van der Waals surface area (Å²) in [6, 6.07) is 3.68. The van der Waals surface area contributed by atoms with Gasteiger partial charge in [-0.05, 0) is 25.5 Å². The van der Waals surface area contributed by atoms with E-state index in [0.717, 1.165) is 11.3 Å². The van der Waals surface area contributed by atoms with Gasteiger partial charge in [0.25, 0.3) is 0 Å². The van der Waals surface area contributed by atoms with E-state index in [1.165, 1.54) is 0 Å². The van der Waals surface area contributed by atoms with Crippen LogP contribution in [0, 0.1) is 6.92 Å². The van der Waals surface area contributed by atoms with E-state index in [9.17, 15) is 4.79 Å². The average Bonchev–Trinajstić information content (AvgIpc) is 2.01. The number of pyridine rings is 1. The van der Waals surface area contributed by atoms with E-state index >= 15 is 0 Å². The van der Waals surface area contributed by atoms with Gasteiger partial charge in [0.05, 0.1) is 7.11 Å². The first kappa shape index (κ1) is 9.71. The van der Waals surface area contributed by atoms with Gasteiger partial charge in [0.2, 0.25) is 5.88 Å². The van der Waals surface area contributed by atoms with E-state index in [1.54, 1.807) is 20.1 Å². The van der Waals surface area contributed by atoms with Crippen molar-refractivity contribution in [2.45, 2.75) is 20.3 Å². The van der Waals surface area contributed by atoms with Crippen LogP contribution in [0.5, 0.6) is 5.88 Å². The molecule has 70 valence electrons. The predicted molar refractivity (Wildman–Crippen MR) is 49.9 cm³/mol. The number of carbonyl (C=O) groups excluding carboxylic acids is 1. The molecule has 1 heterocycles. The van der Waals surface area contributed by atoms with E-state index in [1.807, 2.05) is 13.0 Å². The van der Waals surface area contributed by atoms with Gasteiger partial charge in [-0.1, -0.05) is 0 Å². The summed E-state index contributed by atoms with van der Waals surface area (Å²) in [4.78, 5) is 15.0. The maximum absolute atomic E-state index is 10.9. The van der Waals surface area contributed by atoms with Crippen molar-refractivity contribution >= 4 is 5.78 Å². The molecule has 0 aliphatic heterocycles. The Labute approximate surface area is 77.8 Å². The number of Topliss-reactive ketones (excluding diaryl/α,β-unsaturated/α-hetero) is 1. The average molecular weight is 179 g/mol. The molecule has 0 atom stereocenters. The van der Waals surface area contributed by atoms with Gasteiger partial charge in [0.1, 0.15) is 5.78 Å². The zero-order valence-electron chi connectivity index (χ0n) is 8.13. The molecule has 0 bridgehead atoms. The fourth-order valence-electron chi connectivity index (χ4n) is 1.20. The predicted octanol–water partition coefficient (Wildman–Crippen LogP) is 1.53. The van der Waals surface area contributed by atoms with Crippen molar-refractivity contribution in [1.29, 1.82) is 0 Å². The van der Waals surface area contributed by atoms with Gasteiger partial charge in [0.15, 0.2) is 0 Å². The number of nitrogens with zero attached hydrogens (tertiary/aromatic N) is 1. The van der Waals surface area contributed by atoms with Crippen LogP contribution in [0.4, 0.5) is 0 Å². The van der Waals surface area contributed by atoms with Crippen LogP contribution in [0.3, 0.4) is 0 Å². The Morgan fingerprint density at radius 1 is 1.54 bits per heavy atom. The van der Waals surface area contributed by atoms with E-state index in [-0.39, 0.29) is 5.78 Å². The minimum absolute atomic E-state index is 0.146. The largest absolute Gasteiger partial charge is 0.481 e. The summed E-state index contributed by atoms with van der Waals surface area (Å²) in [5.41, 5.74) is 1.83. The molecule has 3 nitrogen and oxygen atoms in total. The van der Waals surface area contributed by atoms with Crippen LogP contribution < -0.4 is 4.74 Å². The standard InChI is InChI=1S/C10H13NO2/c1-7-4-9(5-8(2)12)6-10(11-7)13-3/h4,6H,5H2,1-3H3. The molecule has 0 aliphatic rings. The highest BCUT2D eigenvalue weighted by Gasteiger charge is 2.02. The number of carbonyl (C=O) groups is 1. The molecule has 0 spiro atoms. The number of ether oxygens (including phenoxy) is 1. The second-order valence-corrected chi connectivity index (χ2v) is 3.04. The summed E-state index contributed by atoms with van der Waals surface area (Å²) in [6.45, 7) is 3.45. The molecule has 1 rings (SSSR count). The second-order valence-electron chi connectivity index (χ2n) is 3.04. The van der Waals surface area contributed by atoms with Gasteiger partial charge < -0.3 is 4.74 Å². The van der Waals surface area contributed by atoms with Crippen LogP contribution in [0.15, 0.2) is 12.1 Å². The SMILES string of the molecule is COc1cc(CC(C)=O)cc(C)n1. The highest BCUT2D eigenvalue weighted by molar-refractivity contribution is 5.78. The highest BCUT2D eigenvalue weighted by Crippen LogP contribution is 2.12. The van der Waals surface area contributed by atoms with Crippen LogP contribution in [-0.2, 0) is 11.2 Å². The third kappa shape index (κ3) is 2.86. The highest BCUT2D eigenvalue weighted by atomic mass is 16.5. The minimum atomic E-state index is 0.146. The maximum Gasteiger partial charge on any atom is 0.213 e. The summed E-state index contributed by atoms with van der Waals surface area (Å²) in [7, 11) is 1.57. The van der Waals surface area contributed by atoms with Crippen molar-refractivity contribution < 1.29 is 9.53 Å². The first-order valence-electron chi connectivity index (χ1n) is 4.13. The van der Waals surface area contributed by atoms with Gasteiger partial charge in [0, 0.05) is 18.2 Å². The number of hydrogen-bond donors (Lipinski definition) is 0. The Balaban J connectivity index is 2.94. The molecule has 0 N–H and O–H groups in total. The molecule has 0 aromatic carbocycles. The Kier molecular flexibility index (Phi) is 3.01. The third-order valence-electron chi connectivity index (χ3n) is 1.65. The lowest BCUT2D eigenvalue weighted by Crippen LogP contribution is -1.99. The Morgan fingerprint density at radius 2 is 2.23 bits per heavy atom.